The van der Waals surface area contributed by atoms with Crippen LogP contribution in [0.4, 0.5) is 10.1 Å². The van der Waals surface area contributed by atoms with Gasteiger partial charge in [0.05, 0.1) is 18.5 Å². The number of aromatic nitrogens is 1. The van der Waals surface area contributed by atoms with Crippen molar-refractivity contribution in [3.63, 3.8) is 0 Å². The fraction of sp³-hybridized carbons (Fsp3) is 0.0455. The normalized spacial score (nSPS) is 11.3. The molecular weight excluding hydrogens is 327 g/mol. The molecule has 26 heavy (non-hydrogen) atoms. The monoisotopic (exact) mass is 344 g/mol. The van der Waals surface area contributed by atoms with E-state index in [0.717, 1.165) is 33.5 Å². The molecule has 1 N–H and O–H groups in total. The molecule has 0 amide bonds. The van der Waals surface area contributed by atoms with Crippen LogP contribution in [0.1, 0.15) is 5.56 Å². The van der Waals surface area contributed by atoms with Gasteiger partial charge in [0.1, 0.15) is 11.6 Å². The van der Waals surface area contributed by atoms with Crippen molar-refractivity contribution in [1.29, 1.82) is 0 Å². The number of benzene rings is 3. The van der Waals surface area contributed by atoms with Gasteiger partial charge in [-0.25, -0.2) is 4.39 Å². The first kappa shape index (κ1) is 16.1. The van der Waals surface area contributed by atoms with Gasteiger partial charge in [0.15, 0.2) is 0 Å². The molecule has 0 spiro atoms. The Kier molecular flexibility index (Phi) is 4.23. The molecule has 3 aromatic carbocycles. The summed E-state index contributed by atoms with van der Waals surface area (Å²) in [6.45, 7) is 0. The topological polar surface area (TPSA) is 37.4 Å². The number of methoxy groups -OCH3 is 1. The largest absolute Gasteiger partial charge is 0.497 e. The highest BCUT2D eigenvalue weighted by Crippen LogP contribution is 2.32. The van der Waals surface area contributed by atoms with Crippen LogP contribution in [0.3, 0.4) is 0 Å². The van der Waals surface area contributed by atoms with E-state index < -0.39 is 0 Å². The van der Waals surface area contributed by atoms with Crippen molar-refractivity contribution in [2.24, 2.45) is 4.99 Å². The molecule has 0 saturated carbocycles. The Labute approximate surface area is 150 Å². The van der Waals surface area contributed by atoms with Crippen LogP contribution in [0.5, 0.6) is 5.75 Å². The second-order valence-electron chi connectivity index (χ2n) is 5.90. The van der Waals surface area contributed by atoms with E-state index in [0.29, 0.717) is 5.69 Å². The molecular formula is C22H17FN2O. The summed E-state index contributed by atoms with van der Waals surface area (Å²) in [5.41, 5.74) is 4.16. The molecule has 128 valence electrons. The standard InChI is InChI=1S/C22H17FN2O/c1-26-16-11-12-20-17(13-16)18(14-24-21-10-6-5-9-19(21)23)22(25-20)15-7-3-2-4-8-15/h2-14,25H,1H3. The molecule has 0 aliphatic carbocycles. The van der Waals surface area contributed by atoms with E-state index in [9.17, 15) is 4.39 Å². The summed E-state index contributed by atoms with van der Waals surface area (Å²) in [4.78, 5) is 7.82. The number of ether oxygens (including phenoxy) is 1. The maximum atomic E-state index is 13.9. The van der Waals surface area contributed by atoms with Crippen molar-refractivity contribution in [3.05, 3.63) is 84.2 Å². The van der Waals surface area contributed by atoms with E-state index in [1.807, 2.05) is 48.5 Å². The molecule has 0 radical (unpaired) electrons. The minimum Gasteiger partial charge on any atom is -0.497 e. The Bertz CT molecular complexity index is 1080. The van der Waals surface area contributed by atoms with Gasteiger partial charge in [-0.3, -0.25) is 4.99 Å². The summed E-state index contributed by atoms with van der Waals surface area (Å²) in [6.07, 6.45) is 1.71. The number of halogens is 1. The lowest BCUT2D eigenvalue weighted by molar-refractivity contribution is 0.415. The molecule has 0 aliphatic heterocycles. The quantitative estimate of drug-likeness (QED) is 0.471. The van der Waals surface area contributed by atoms with Gasteiger partial charge in [-0.05, 0) is 35.9 Å². The average molecular weight is 344 g/mol. The van der Waals surface area contributed by atoms with E-state index >= 15 is 0 Å². The Balaban J connectivity index is 1.91. The van der Waals surface area contributed by atoms with Crippen molar-refractivity contribution >= 4 is 22.8 Å². The summed E-state index contributed by atoms with van der Waals surface area (Å²) in [7, 11) is 1.64. The predicted octanol–water partition coefficient (Wildman–Crippen LogP) is 5.73. The number of H-pyrrole nitrogens is 1. The number of fused-ring (bicyclic) bond motifs is 1. The first-order chi connectivity index (χ1) is 12.8. The molecule has 0 unspecified atom stereocenters. The molecule has 4 heteroatoms. The number of hydrogen-bond acceptors (Lipinski definition) is 2. The fourth-order valence-corrected chi connectivity index (χ4v) is 2.98. The molecule has 0 fully saturated rings. The van der Waals surface area contributed by atoms with Gasteiger partial charge >= 0.3 is 0 Å². The van der Waals surface area contributed by atoms with E-state index in [2.05, 4.69) is 9.98 Å². The van der Waals surface area contributed by atoms with Crippen LogP contribution in [0.25, 0.3) is 22.2 Å². The zero-order valence-electron chi connectivity index (χ0n) is 14.2. The van der Waals surface area contributed by atoms with Crippen LogP contribution in [0.15, 0.2) is 77.8 Å². The summed E-state index contributed by atoms with van der Waals surface area (Å²) >= 11 is 0. The number of aliphatic imine (C=N–C) groups is 1. The van der Waals surface area contributed by atoms with Gasteiger partial charge < -0.3 is 9.72 Å². The van der Waals surface area contributed by atoms with Crippen LogP contribution in [-0.4, -0.2) is 18.3 Å². The van der Waals surface area contributed by atoms with Crippen LogP contribution in [-0.2, 0) is 0 Å². The first-order valence-corrected chi connectivity index (χ1v) is 8.30. The highest BCUT2D eigenvalue weighted by molar-refractivity contribution is 6.06. The van der Waals surface area contributed by atoms with E-state index in [1.165, 1.54) is 6.07 Å². The maximum Gasteiger partial charge on any atom is 0.148 e. The number of para-hydroxylation sites is 1. The van der Waals surface area contributed by atoms with Gasteiger partial charge in [-0.2, -0.15) is 0 Å². The van der Waals surface area contributed by atoms with Crippen molar-refractivity contribution in [1.82, 2.24) is 4.98 Å². The van der Waals surface area contributed by atoms with Crippen LogP contribution >= 0.6 is 0 Å². The third kappa shape index (κ3) is 2.97. The maximum absolute atomic E-state index is 13.9. The smallest absolute Gasteiger partial charge is 0.148 e. The Morgan fingerprint density at radius 3 is 2.50 bits per heavy atom. The molecule has 0 saturated heterocycles. The van der Waals surface area contributed by atoms with Gasteiger partial charge in [-0.15, -0.1) is 0 Å². The fourth-order valence-electron chi connectivity index (χ4n) is 2.98. The van der Waals surface area contributed by atoms with Crippen LogP contribution in [0, 0.1) is 5.82 Å². The summed E-state index contributed by atoms with van der Waals surface area (Å²) < 4.78 is 19.3. The summed E-state index contributed by atoms with van der Waals surface area (Å²) in [5, 5.41) is 0.975. The summed E-state index contributed by atoms with van der Waals surface area (Å²) in [5.74, 6) is 0.416. The lowest BCUT2D eigenvalue weighted by atomic mass is 10.1. The van der Waals surface area contributed by atoms with Gasteiger partial charge in [0, 0.05) is 22.7 Å². The van der Waals surface area contributed by atoms with Crippen molar-refractivity contribution in [3.8, 4) is 17.0 Å². The highest BCUT2D eigenvalue weighted by atomic mass is 19.1. The third-order valence-electron chi connectivity index (χ3n) is 4.29. The lowest BCUT2D eigenvalue weighted by Gasteiger charge is -2.02. The molecule has 1 heterocycles. The van der Waals surface area contributed by atoms with Gasteiger partial charge in [0.25, 0.3) is 0 Å². The predicted molar refractivity (Wildman–Crippen MR) is 104 cm³/mol. The number of aromatic amines is 1. The van der Waals surface area contributed by atoms with Crippen molar-refractivity contribution in [2.45, 2.75) is 0 Å². The minimum atomic E-state index is -0.345. The molecule has 1 aromatic heterocycles. The van der Waals surface area contributed by atoms with E-state index in [1.54, 1.807) is 31.5 Å². The number of hydrogen-bond donors (Lipinski definition) is 1. The molecule has 3 nitrogen and oxygen atoms in total. The van der Waals surface area contributed by atoms with Gasteiger partial charge in [-0.1, -0.05) is 42.5 Å². The Morgan fingerprint density at radius 2 is 1.73 bits per heavy atom. The number of nitrogens with zero attached hydrogens (tertiary/aromatic N) is 1. The lowest BCUT2D eigenvalue weighted by Crippen LogP contribution is -1.86. The van der Waals surface area contributed by atoms with Crippen molar-refractivity contribution < 1.29 is 9.13 Å². The molecule has 0 atom stereocenters. The van der Waals surface area contributed by atoms with E-state index in [4.69, 9.17) is 4.74 Å². The highest BCUT2D eigenvalue weighted by Gasteiger charge is 2.12. The first-order valence-electron chi connectivity index (χ1n) is 8.30. The second kappa shape index (κ2) is 6.84. The third-order valence-corrected chi connectivity index (χ3v) is 4.29. The van der Waals surface area contributed by atoms with Crippen LogP contribution < -0.4 is 4.74 Å². The van der Waals surface area contributed by atoms with Gasteiger partial charge in [0.2, 0.25) is 0 Å². The molecule has 4 aromatic rings. The Hall–Kier alpha value is -3.40. The van der Waals surface area contributed by atoms with Crippen molar-refractivity contribution in [2.75, 3.05) is 7.11 Å². The summed E-state index contributed by atoms with van der Waals surface area (Å²) in [6, 6.07) is 22.3. The minimum absolute atomic E-state index is 0.309. The average Bonchev–Trinajstić information content (AvgIpc) is 3.05. The zero-order chi connectivity index (χ0) is 17.9. The second-order valence-corrected chi connectivity index (χ2v) is 5.90. The Morgan fingerprint density at radius 1 is 0.962 bits per heavy atom. The zero-order valence-corrected chi connectivity index (χ0v) is 14.2. The molecule has 0 bridgehead atoms. The molecule has 4 rings (SSSR count). The number of rotatable bonds is 4. The number of nitrogens with one attached hydrogen (secondary N) is 1. The molecule has 0 aliphatic rings. The van der Waals surface area contributed by atoms with Crippen LogP contribution in [0.2, 0.25) is 0 Å². The SMILES string of the molecule is COc1ccc2[nH]c(-c3ccccc3)c(C=Nc3ccccc3F)c2c1. The van der Waals surface area contributed by atoms with E-state index in [-0.39, 0.29) is 5.82 Å².